The van der Waals surface area contributed by atoms with Crippen molar-refractivity contribution in [3.05, 3.63) is 49.9 Å². The van der Waals surface area contributed by atoms with Gasteiger partial charge in [-0.2, -0.15) is 0 Å². The van der Waals surface area contributed by atoms with E-state index in [0.29, 0.717) is 22.5 Å². The SMILES string of the molecule is CN=C(NCc1ncc(C)s1)NC(C)c1ccc(Cl)c(Cl)c1.I. The van der Waals surface area contributed by atoms with Gasteiger partial charge in [0.25, 0.3) is 0 Å². The second-order valence-corrected chi connectivity index (χ2v) is 6.96. The molecule has 0 radical (unpaired) electrons. The molecule has 0 amide bonds. The summed E-state index contributed by atoms with van der Waals surface area (Å²) in [6.45, 7) is 4.73. The quantitative estimate of drug-likeness (QED) is 0.372. The van der Waals surface area contributed by atoms with Crippen LogP contribution in [-0.4, -0.2) is 18.0 Å². The van der Waals surface area contributed by atoms with E-state index >= 15 is 0 Å². The lowest BCUT2D eigenvalue weighted by molar-refractivity contribution is 0.685. The van der Waals surface area contributed by atoms with Crippen LogP contribution in [0.5, 0.6) is 0 Å². The molecule has 126 valence electrons. The Balaban J connectivity index is 0.00000264. The first-order valence-corrected chi connectivity index (χ1v) is 8.40. The Kier molecular flexibility index (Phi) is 8.60. The van der Waals surface area contributed by atoms with Crippen molar-refractivity contribution in [1.29, 1.82) is 0 Å². The summed E-state index contributed by atoms with van der Waals surface area (Å²) in [6, 6.07) is 5.66. The smallest absolute Gasteiger partial charge is 0.191 e. The summed E-state index contributed by atoms with van der Waals surface area (Å²) in [5, 5.41) is 8.71. The summed E-state index contributed by atoms with van der Waals surface area (Å²) < 4.78 is 0. The molecule has 2 rings (SSSR count). The second-order valence-electron chi connectivity index (χ2n) is 4.83. The number of hydrogen-bond acceptors (Lipinski definition) is 3. The second kappa shape index (κ2) is 9.66. The summed E-state index contributed by atoms with van der Waals surface area (Å²) in [6.07, 6.45) is 1.87. The molecule has 2 N–H and O–H groups in total. The number of aryl methyl sites for hydroxylation is 1. The van der Waals surface area contributed by atoms with Crippen LogP contribution in [0.1, 0.15) is 28.4 Å². The Hall–Kier alpha value is -0.570. The average Bonchev–Trinajstić information content (AvgIpc) is 2.91. The van der Waals surface area contributed by atoms with Crippen LogP contribution in [0.2, 0.25) is 10.0 Å². The fraction of sp³-hybridized carbons (Fsp3) is 0.333. The van der Waals surface area contributed by atoms with Gasteiger partial charge in [0.2, 0.25) is 0 Å². The number of halogens is 3. The average molecular weight is 485 g/mol. The minimum atomic E-state index is 0. The number of nitrogens with zero attached hydrogens (tertiary/aromatic N) is 2. The predicted octanol–water partition coefficient (Wildman–Crippen LogP) is 4.80. The monoisotopic (exact) mass is 484 g/mol. The number of aromatic nitrogens is 1. The molecule has 0 aliphatic heterocycles. The molecular formula is C15H19Cl2IN4S. The van der Waals surface area contributed by atoms with Gasteiger partial charge in [-0.05, 0) is 31.5 Å². The zero-order chi connectivity index (χ0) is 16.1. The summed E-state index contributed by atoms with van der Waals surface area (Å²) in [7, 11) is 1.74. The fourth-order valence-electron chi connectivity index (χ4n) is 1.91. The van der Waals surface area contributed by atoms with Crippen LogP contribution in [0.4, 0.5) is 0 Å². The van der Waals surface area contributed by atoms with Crippen molar-refractivity contribution in [2.75, 3.05) is 7.05 Å². The fourth-order valence-corrected chi connectivity index (χ4v) is 2.94. The van der Waals surface area contributed by atoms with E-state index in [-0.39, 0.29) is 30.0 Å². The number of aliphatic imine (C=N–C) groups is 1. The Morgan fingerprint density at radius 2 is 2.09 bits per heavy atom. The molecule has 1 aromatic heterocycles. The first-order valence-electron chi connectivity index (χ1n) is 6.83. The van der Waals surface area contributed by atoms with Crippen LogP contribution in [0.25, 0.3) is 0 Å². The third-order valence-corrected chi connectivity index (χ3v) is 4.75. The van der Waals surface area contributed by atoms with Gasteiger partial charge in [0, 0.05) is 18.1 Å². The molecular weight excluding hydrogens is 466 g/mol. The molecule has 0 saturated heterocycles. The molecule has 2 aromatic rings. The van der Waals surface area contributed by atoms with Crippen LogP contribution in [0.15, 0.2) is 29.4 Å². The van der Waals surface area contributed by atoms with E-state index in [1.165, 1.54) is 4.88 Å². The molecule has 4 nitrogen and oxygen atoms in total. The van der Waals surface area contributed by atoms with Crippen molar-refractivity contribution in [2.45, 2.75) is 26.4 Å². The zero-order valence-electron chi connectivity index (χ0n) is 13.1. The van der Waals surface area contributed by atoms with Crippen LogP contribution < -0.4 is 10.6 Å². The van der Waals surface area contributed by atoms with Gasteiger partial charge in [-0.3, -0.25) is 4.99 Å². The molecule has 1 aromatic carbocycles. The van der Waals surface area contributed by atoms with Crippen LogP contribution >= 0.6 is 58.5 Å². The van der Waals surface area contributed by atoms with E-state index in [4.69, 9.17) is 23.2 Å². The lowest BCUT2D eigenvalue weighted by atomic mass is 10.1. The largest absolute Gasteiger partial charge is 0.350 e. The van der Waals surface area contributed by atoms with Crippen molar-refractivity contribution in [2.24, 2.45) is 4.99 Å². The van der Waals surface area contributed by atoms with Crippen LogP contribution in [0.3, 0.4) is 0 Å². The van der Waals surface area contributed by atoms with Gasteiger partial charge >= 0.3 is 0 Å². The van der Waals surface area contributed by atoms with Gasteiger partial charge in [0.05, 0.1) is 22.6 Å². The maximum absolute atomic E-state index is 6.06. The summed E-state index contributed by atoms with van der Waals surface area (Å²) >= 11 is 13.7. The maximum atomic E-state index is 6.06. The molecule has 0 spiro atoms. The number of nitrogens with one attached hydrogen (secondary N) is 2. The highest BCUT2D eigenvalue weighted by molar-refractivity contribution is 14.0. The van der Waals surface area contributed by atoms with E-state index in [1.807, 2.05) is 32.2 Å². The highest BCUT2D eigenvalue weighted by atomic mass is 127. The molecule has 0 saturated carbocycles. The number of hydrogen-bond donors (Lipinski definition) is 2. The van der Waals surface area contributed by atoms with Gasteiger partial charge < -0.3 is 10.6 Å². The minimum Gasteiger partial charge on any atom is -0.350 e. The number of guanidine groups is 1. The highest BCUT2D eigenvalue weighted by Crippen LogP contribution is 2.25. The molecule has 23 heavy (non-hydrogen) atoms. The van der Waals surface area contributed by atoms with Crippen LogP contribution in [0, 0.1) is 6.92 Å². The first kappa shape index (κ1) is 20.5. The minimum absolute atomic E-state index is 0. The van der Waals surface area contributed by atoms with Gasteiger partial charge in [-0.25, -0.2) is 4.98 Å². The summed E-state index contributed by atoms with van der Waals surface area (Å²) in [4.78, 5) is 9.75. The molecule has 8 heteroatoms. The molecule has 1 unspecified atom stereocenters. The number of benzene rings is 1. The van der Waals surface area contributed by atoms with Crippen LogP contribution in [-0.2, 0) is 6.54 Å². The topological polar surface area (TPSA) is 49.3 Å². The van der Waals surface area contributed by atoms with Gasteiger partial charge in [0.1, 0.15) is 5.01 Å². The number of rotatable bonds is 4. The third-order valence-electron chi connectivity index (χ3n) is 3.10. The Morgan fingerprint density at radius 3 is 2.65 bits per heavy atom. The Labute approximate surface area is 167 Å². The molecule has 0 aliphatic rings. The van der Waals surface area contributed by atoms with E-state index < -0.39 is 0 Å². The highest BCUT2D eigenvalue weighted by Gasteiger charge is 2.10. The molecule has 0 bridgehead atoms. The molecule has 0 fully saturated rings. The lowest BCUT2D eigenvalue weighted by Gasteiger charge is -2.18. The van der Waals surface area contributed by atoms with Gasteiger partial charge in [0.15, 0.2) is 5.96 Å². The maximum Gasteiger partial charge on any atom is 0.191 e. The van der Waals surface area contributed by atoms with E-state index in [9.17, 15) is 0 Å². The van der Waals surface area contributed by atoms with Crippen molar-refractivity contribution < 1.29 is 0 Å². The van der Waals surface area contributed by atoms with Gasteiger partial charge in [-0.1, -0.05) is 29.3 Å². The third kappa shape index (κ3) is 6.10. The Bertz CT molecular complexity index is 675. The molecule has 1 atom stereocenters. The van der Waals surface area contributed by atoms with Crippen molar-refractivity contribution in [3.8, 4) is 0 Å². The van der Waals surface area contributed by atoms with Crippen molar-refractivity contribution in [3.63, 3.8) is 0 Å². The zero-order valence-corrected chi connectivity index (χ0v) is 17.7. The first-order chi connectivity index (χ1) is 10.5. The van der Waals surface area contributed by atoms with Crippen molar-refractivity contribution in [1.82, 2.24) is 15.6 Å². The van der Waals surface area contributed by atoms with E-state index in [2.05, 4.69) is 20.6 Å². The predicted molar refractivity (Wildman–Crippen MR) is 110 cm³/mol. The normalized spacial score (nSPS) is 12.5. The van der Waals surface area contributed by atoms with E-state index in [0.717, 1.165) is 10.6 Å². The molecule has 0 aliphatic carbocycles. The molecule has 1 heterocycles. The lowest BCUT2D eigenvalue weighted by Crippen LogP contribution is -2.38. The van der Waals surface area contributed by atoms with Gasteiger partial charge in [-0.15, -0.1) is 35.3 Å². The summed E-state index contributed by atoms with van der Waals surface area (Å²) in [5.74, 6) is 0.714. The standard InChI is InChI=1S/C15H18Cl2N4S.HI/c1-9-7-19-14(22-9)8-20-15(18-3)21-10(2)11-4-5-12(16)13(17)6-11;/h4-7,10H,8H2,1-3H3,(H2,18,20,21);1H. The Morgan fingerprint density at radius 1 is 1.35 bits per heavy atom. The summed E-state index contributed by atoms with van der Waals surface area (Å²) in [5.41, 5.74) is 1.04. The number of thiazole rings is 1. The van der Waals surface area contributed by atoms with Crippen molar-refractivity contribution >= 4 is 64.5 Å². The van der Waals surface area contributed by atoms with E-state index in [1.54, 1.807) is 24.5 Å².